The minimum atomic E-state index is -0.560. The number of rotatable bonds is 4. The molecule has 0 aliphatic heterocycles. The minimum Gasteiger partial charge on any atom is -0.496 e. The molecule has 0 fully saturated rings. The van der Waals surface area contributed by atoms with Gasteiger partial charge in [0.25, 0.3) is 0 Å². The first-order valence-corrected chi connectivity index (χ1v) is 5.50. The van der Waals surface area contributed by atoms with Crippen molar-refractivity contribution in [2.45, 2.75) is 20.3 Å². The summed E-state index contributed by atoms with van der Waals surface area (Å²) in [5.74, 6) is -0.191. The van der Waals surface area contributed by atoms with Crippen LogP contribution < -0.4 is 10.1 Å². The number of methoxy groups -OCH3 is 2. The molecule has 0 radical (unpaired) electrons. The third-order valence-electron chi connectivity index (χ3n) is 2.76. The van der Waals surface area contributed by atoms with Gasteiger partial charge in [-0.2, -0.15) is 0 Å². The number of benzene rings is 1. The smallest absolute Gasteiger partial charge is 0.315 e. The topological polar surface area (TPSA) is 64.6 Å². The normalized spacial score (nSPS) is 9.78. The fourth-order valence-electron chi connectivity index (χ4n) is 1.55. The van der Waals surface area contributed by atoms with E-state index in [9.17, 15) is 9.59 Å². The van der Waals surface area contributed by atoms with Crippen molar-refractivity contribution in [1.82, 2.24) is 0 Å². The van der Waals surface area contributed by atoms with Crippen molar-refractivity contribution in [2.24, 2.45) is 0 Å². The minimum absolute atomic E-state index is 0.291. The van der Waals surface area contributed by atoms with Gasteiger partial charge in [0, 0.05) is 5.69 Å². The SMILES string of the molecule is COC(=O)CC(=O)Nc1ccc(OC)c(C)c1C. The van der Waals surface area contributed by atoms with Crippen LogP contribution in [0.2, 0.25) is 0 Å². The molecule has 1 aromatic carbocycles. The molecule has 1 rings (SSSR count). The molecule has 0 spiro atoms. The van der Waals surface area contributed by atoms with Gasteiger partial charge in [-0.1, -0.05) is 0 Å². The Morgan fingerprint density at radius 3 is 2.39 bits per heavy atom. The molecule has 0 unspecified atom stereocenters. The number of hydrogen-bond donors (Lipinski definition) is 1. The largest absolute Gasteiger partial charge is 0.496 e. The zero-order valence-electron chi connectivity index (χ0n) is 11.0. The molecular formula is C13H17NO4. The number of ether oxygens (including phenoxy) is 2. The van der Waals surface area contributed by atoms with Crippen molar-refractivity contribution in [3.8, 4) is 5.75 Å². The average molecular weight is 251 g/mol. The molecule has 0 aromatic heterocycles. The molecule has 5 nitrogen and oxygen atoms in total. The highest BCUT2D eigenvalue weighted by Gasteiger charge is 2.12. The maximum atomic E-state index is 11.6. The van der Waals surface area contributed by atoms with Crippen LogP contribution in [0.1, 0.15) is 17.5 Å². The van der Waals surface area contributed by atoms with Crippen LogP contribution in [0.25, 0.3) is 0 Å². The van der Waals surface area contributed by atoms with Crippen molar-refractivity contribution in [1.29, 1.82) is 0 Å². The molecule has 5 heteroatoms. The molecule has 0 saturated carbocycles. The lowest BCUT2D eigenvalue weighted by atomic mass is 10.1. The summed E-state index contributed by atoms with van der Waals surface area (Å²) in [4.78, 5) is 22.5. The van der Waals surface area contributed by atoms with Crippen LogP contribution in [0.4, 0.5) is 5.69 Å². The van der Waals surface area contributed by atoms with Crippen LogP contribution in [0.5, 0.6) is 5.75 Å². The fourth-order valence-corrected chi connectivity index (χ4v) is 1.55. The van der Waals surface area contributed by atoms with Gasteiger partial charge in [0.1, 0.15) is 12.2 Å². The van der Waals surface area contributed by atoms with Gasteiger partial charge < -0.3 is 14.8 Å². The monoisotopic (exact) mass is 251 g/mol. The van der Waals surface area contributed by atoms with Crippen LogP contribution in [-0.4, -0.2) is 26.1 Å². The van der Waals surface area contributed by atoms with Gasteiger partial charge in [0.2, 0.25) is 5.91 Å². The summed E-state index contributed by atoms with van der Waals surface area (Å²) in [6, 6.07) is 3.52. The van der Waals surface area contributed by atoms with Crippen molar-refractivity contribution >= 4 is 17.6 Å². The van der Waals surface area contributed by atoms with Crippen molar-refractivity contribution in [2.75, 3.05) is 19.5 Å². The predicted molar refractivity (Wildman–Crippen MR) is 67.7 cm³/mol. The first-order chi connectivity index (χ1) is 8.49. The summed E-state index contributed by atoms with van der Waals surface area (Å²) in [5, 5.41) is 2.67. The van der Waals surface area contributed by atoms with E-state index < -0.39 is 11.9 Å². The van der Waals surface area contributed by atoms with E-state index >= 15 is 0 Å². The zero-order chi connectivity index (χ0) is 13.7. The Bertz CT molecular complexity index is 468. The number of amides is 1. The number of carbonyl (C=O) groups is 2. The Labute approximate surface area is 106 Å². The number of nitrogens with one attached hydrogen (secondary N) is 1. The zero-order valence-corrected chi connectivity index (χ0v) is 11.0. The molecule has 1 aromatic rings. The molecule has 98 valence electrons. The Kier molecular flexibility index (Phi) is 4.71. The highest BCUT2D eigenvalue weighted by Crippen LogP contribution is 2.27. The van der Waals surface area contributed by atoms with Crippen LogP contribution >= 0.6 is 0 Å². The van der Waals surface area contributed by atoms with E-state index in [2.05, 4.69) is 10.1 Å². The van der Waals surface area contributed by atoms with Crippen LogP contribution in [0.3, 0.4) is 0 Å². The number of carbonyl (C=O) groups excluding carboxylic acids is 2. The molecule has 0 aliphatic rings. The van der Waals surface area contributed by atoms with E-state index in [4.69, 9.17) is 4.74 Å². The van der Waals surface area contributed by atoms with Gasteiger partial charge in [-0.3, -0.25) is 9.59 Å². The molecule has 0 heterocycles. The van der Waals surface area contributed by atoms with Crippen LogP contribution in [-0.2, 0) is 14.3 Å². The molecule has 0 aliphatic carbocycles. The van der Waals surface area contributed by atoms with Gasteiger partial charge in [0.05, 0.1) is 14.2 Å². The molecular weight excluding hydrogens is 234 g/mol. The Morgan fingerprint density at radius 2 is 1.83 bits per heavy atom. The van der Waals surface area contributed by atoms with Gasteiger partial charge in [-0.25, -0.2) is 0 Å². The second-order valence-corrected chi connectivity index (χ2v) is 3.87. The van der Waals surface area contributed by atoms with Crippen molar-refractivity contribution < 1.29 is 19.1 Å². The highest BCUT2D eigenvalue weighted by molar-refractivity contribution is 6.02. The van der Waals surface area contributed by atoms with E-state index in [0.29, 0.717) is 5.69 Å². The Hall–Kier alpha value is -2.04. The lowest BCUT2D eigenvalue weighted by molar-refractivity contribution is -0.142. The van der Waals surface area contributed by atoms with Crippen LogP contribution in [0.15, 0.2) is 12.1 Å². The summed E-state index contributed by atoms with van der Waals surface area (Å²) in [7, 11) is 2.84. The molecule has 0 atom stereocenters. The van der Waals surface area contributed by atoms with Gasteiger partial charge in [0.15, 0.2) is 0 Å². The summed E-state index contributed by atoms with van der Waals surface area (Å²) >= 11 is 0. The Morgan fingerprint density at radius 1 is 1.17 bits per heavy atom. The summed E-state index contributed by atoms with van der Waals surface area (Å²) < 4.78 is 9.61. The maximum absolute atomic E-state index is 11.6. The fraction of sp³-hybridized carbons (Fsp3) is 0.385. The lowest BCUT2D eigenvalue weighted by Gasteiger charge is -2.13. The quantitative estimate of drug-likeness (QED) is 0.654. The van der Waals surface area contributed by atoms with Gasteiger partial charge in [-0.05, 0) is 37.1 Å². The highest BCUT2D eigenvalue weighted by atomic mass is 16.5. The Balaban J connectivity index is 2.83. The van der Waals surface area contributed by atoms with Gasteiger partial charge >= 0.3 is 5.97 Å². The van der Waals surface area contributed by atoms with E-state index in [1.807, 2.05) is 13.8 Å². The second kappa shape index (κ2) is 6.05. The summed E-state index contributed by atoms with van der Waals surface area (Å²) in [5.41, 5.74) is 2.53. The third-order valence-corrected chi connectivity index (χ3v) is 2.76. The molecule has 1 amide bonds. The van der Waals surface area contributed by atoms with Crippen molar-refractivity contribution in [3.63, 3.8) is 0 Å². The lowest BCUT2D eigenvalue weighted by Crippen LogP contribution is -2.18. The summed E-state index contributed by atoms with van der Waals surface area (Å²) in [6.07, 6.45) is -0.291. The van der Waals surface area contributed by atoms with Crippen LogP contribution in [0, 0.1) is 13.8 Å². The number of esters is 1. The van der Waals surface area contributed by atoms with E-state index in [-0.39, 0.29) is 6.42 Å². The first kappa shape index (κ1) is 14.0. The molecule has 18 heavy (non-hydrogen) atoms. The average Bonchev–Trinajstić information content (AvgIpc) is 2.35. The second-order valence-electron chi connectivity index (χ2n) is 3.87. The van der Waals surface area contributed by atoms with E-state index in [0.717, 1.165) is 16.9 Å². The predicted octanol–water partition coefficient (Wildman–Crippen LogP) is 1.81. The third kappa shape index (κ3) is 3.23. The number of hydrogen-bond acceptors (Lipinski definition) is 4. The van der Waals surface area contributed by atoms with Crippen molar-refractivity contribution in [3.05, 3.63) is 23.3 Å². The van der Waals surface area contributed by atoms with Gasteiger partial charge in [-0.15, -0.1) is 0 Å². The molecule has 0 saturated heterocycles. The van der Waals surface area contributed by atoms with E-state index in [1.165, 1.54) is 7.11 Å². The molecule has 1 N–H and O–H groups in total. The molecule has 0 bridgehead atoms. The van der Waals surface area contributed by atoms with E-state index in [1.54, 1.807) is 19.2 Å². The maximum Gasteiger partial charge on any atom is 0.315 e. The number of anilines is 1. The standard InChI is InChI=1S/C13H17NO4/c1-8-9(2)11(17-3)6-5-10(8)14-12(15)7-13(16)18-4/h5-6H,7H2,1-4H3,(H,14,15). The summed E-state index contributed by atoms with van der Waals surface area (Å²) in [6.45, 7) is 3.79. The first-order valence-electron chi connectivity index (χ1n) is 5.50.